The summed E-state index contributed by atoms with van der Waals surface area (Å²) in [6.07, 6.45) is 2.61. The van der Waals surface area contributed by atoms with Crippen molar-refractivity contribution in [3.05, 3.63) is 46.3 Å². The Morgan fingerprint density at radius 2 is 1.78 bits per heavy atom. The fraction of sp³-hybridized carbons (Fsp3) is 0.250. The number of ether oxygens (including phenoxy) is 3. The second-order valence-corrected chi connectivity index (χ2v) is 4.54. The Bertz CT molecular complexity index is 471. The first-order valence-corrected chi connectivity index (χ1v) is 5.85. The molecule has 1 heterocycles. The second-order valence-electron chi connectivity index (χ2n) is 3.67. The van der Waals surface area contributed by atoms with Crippen LogP contribution in [0.5, 0.6) is 0 Å². The third-order valence-corrected chi connectivity index (χ3v) is 2.92. The van der Waals surface area contributed by atoms with E-state index >= 15 is 0 Å². The summed E-state index contributed by atoms with van der Waals surface area (Å²) in [7, 11) is 1.30. The number of benzene rings is 1. The summed E-state index contributed by atoms with van der Waals surface area (Å²) in [6.45, 7) is 0. The van der Waals surface area contributed by atoms with Crippen LogP contribution in [0.3, 0.4) is 0 Å². The monoisotopic (exact) mass is 288 g/mol. The molecule has 0 fully saturated rings. The lowest BCUT2D eigenvalue weighted by Gasteiger charge is -2.27. The fourth-order valence-corrected chi connectivity index (χ4v) is 2.19. The van der Waals surface area contributed by atoms with Crippen molar-refractivity contribution >= 4 is 29.2 Å². The minimum Gasteiger partial charge on any atom is -0.469 e. The highest BCUT2D eigenvalue weighted by Gasteiger charge is 2.41. The number of carbonyl (C=O) groups excluding carboxylic acids is 1. The molecule has 0 saturated heterocycles. The van der Waals surface area contributed by atoms with E-state index in [2.05, 4.69) is 4.74 Å². The number of carbonyl (C=O) groups is 1. The largest absolute Gasteiger partial charge is 0.469 e. The van der Waals surface area contributed by atoms with Gasteiger partial charge in [-0.2, -0.15) is 0 Å². The highest BCUT2D eigenvalue weighted by molar-refractivity contribution is 6.34. The van der Waals surface area contributed by atoms with E-state index in [1.54, 1.807) is 18.2 Å². The molecule has 0 unspecified atom stereocenters. The normalized spacial score (nSPS) is 15.9. The summed E-state index contributed by atoms with van der Waals surface area (Å²) >= 11 is 11.9. The van der Waals surface area contributed by atoms with E-state index in [4.69, 9.17) is 32.7 Å². The average Bonchev–Trinajstić information content (AvgIpc) is 2.77. The first-order chi connectivity index (χ1) is 8.55. The van der Waals surface area contributed by atoms with Crippen molar-refractivity contribution in [3.8, 4) is 0 Å². The molecule has 6 heteroatoms. The molecular weight excluding hydrogens is 279 g/mol. The summed E-state index contributed by atoms with van der Waals surface area (Å²) in [6, 6.07) is 4.84. The molecule has 1 aromatic rings. The number of halogens is 2. The third-order valence-electron chi connectivity index (χ3n) is 2.48. The molecule has 0 atom stereocenters. The van der Waals surface area contributed by atoms with E-state index in [9.17, 15) is 4.79 Å². The Kier molecular flexibility index (Phi) is 3.68. The van der Waals surface area contributed by atoms with Gasteiger partial charge < -0.3 is 14.2 Å². The molecule has 1 aliphatic heterocycles. The lowest BCUT2D eigenvalue weighted by Crippen LogP contribution is -2.30. The average molecular weight is 289 g/mol. The minimum atomic E-state index is -1.26. The van der Waals surface area contributed by atoms with Crippen LogP contribution in [0.1, 0.15) is 12.0 Å². The van der Waals surface area contributed by atoms with Gasteiger partial charge in [0.05, 0.1) is 7.11 Å². The zero-order valence-corrected chi connectivity index (χ0v) is 11.0. The number of rotatable bonds is 3. The van der Waals surface area contributed by atoms with Gasteiger partial charge in [0, 0.05) is 15.6 Å². The second kappa shape index (κ2) is 5.08. The lowest BCUT2D eigenvalue weighted by molar-refractivity contribution is -0.177. The van der Waals surface area contributed by atoms with Crippen LogP contribution in [0.4, 0.5) is 0 Å². The molecule has 0 bridgehead atoms. The molecule has 0 aliphatic carbocycles. The van der Waals surface area contributed by atoms with E-state index in [0.29, 0.717) is 15.6 Å². The van der Waals surface area contributed by atoms with Crippen LogP contribution in [0.25, 0.3) is 0 Å². The van der Waals surface area contributed by atoms with Gasteiger partial charge in [0.25, 0.3) is 5.79 Å². The van der Waals surface area contributed by atoms with Crippen LogP contribution in [-0.4, -0.2) is 13.1 Å². The van der Waals surface area contributed by atoms with Crippen LogP contribution >= 0.6 is 23.2 Å². The summed E-state index contributed by atoms with van der Waals surface area (Å²) in [5, 5.41) is 0.863. The molecule has 4 nitrogen and oxygen atoms in total. The van der Waals surface area contributed by atoms with Crippen LogP contribution in [0.2, 0.25) is 10.0 Å². The number of methoxy groups -OCH3 is 1. The molecule has 0 amide bonds. The van der Waals surface area contributed by atoms with E-state index in [0.717, 1.165) is 0 Å². The third kappa shape index (κ3) is 2.54. The van der Waals surface area contributed by atoms with Crippen molar-refractivity contribution in [2.75, 3.05) is 7.11 Å². The van der Waals surface area contributed by atoms with Gasteiger partial charge in [-0.3, -0.25) is 4.79 Å². The first-order valence-electron chi connectivity index (χ1n) is 5.10. The van der Waals surface area contributed by atoms with Gasteiger partial charge in [-0.05, 0) is 18.2 Å². The topological polar surface area (TPSA) is 44.8 Å². The van der Waals surface area contributed by atoms with Crippen molar-refractivity contribution in [3.63, 3.8) is 0 Å². The SMILES string of the molecule is COC(=O)CC1(c2cc(Cl)cc(Cl)c2)OC=CO1. The Morgan fingerprint density at radius 1 is 1.22 bits per heavy atom. The van der Waals surface area contributed by atoms with Gasteiger partial charge in [-0.15, -0.1) is 0 Å². The van der Waals surface area contributed by atoms with E-state index in [-0.39, 0.29) is 6.42 Å². The van der Waals surface area contributed by atoms with E-state index < -0.39 is 11.8 Å². The molecule has 0 spiro atoms. The van der Waals surface area contributed by atoms with Crippen LogP contribution < -0.4 is 0 Å². The zero-order valence-electron chi connectivity index (χ0n) is 9.48. The summed E-state index contributed by atoms with van der Waals surface area (Å²) in [5.41, 5.74) is 0.551. The van der Waals surface area contributed by atoms with Crippen molar-refractivity contribution < 1.29 is 19.0 Å². The van der Waals surface area contributed by atoms with Gasteiger partial charge >= 0.3 is 5.97 Å². The van der Waals surface area contributed by atoms with E-state index in [1.807, 2.05) is 0 Å². The Hall–Kier alpha value is -1.39. The minimum absolute atomic E-state index is 0.104. The smallest absolute Gasteiger partial charge is 0.313 e. The van der Waals surface area contributed by atoms with Crippen LogP contribution in [0, 0.1) is 0 Å². The van der Waals surface area contributed by atoms with Gasteiger partial charge in [-0.1, -0.05) is 23.2 Å². The van der Waals surface area contributed by atoms with Crippen molar-refractivity contribution in [2.45, 2.75) is 12.2 Å². The maximum absolute atomic E-state index is 11.4. The summed E-state index contributed by atoms with van der Waals surface area (Å²) in [4.78, 5) is 11.4. The molecular formula is C12H10Cl2O4. The lowest BCUT2D eigenvalue weighted by atomic mass is 10.0. The number of hydrogen-bond acceptors (Lipinski definition) is 4. The van der Waals surface area contributed by atoms with E-state index in [1.165, 1.54) is 19.6 Å². The predicted octanol–water partition coefficient (Wildman–Crippen LogP) is 3.23. The Balaban J connectivity index is 2.37. The van der Waals surface area contributed by atoms with Gasteiger partial charge in [0.2, 0.25) is 0 Å². The van der Waals surface area contributed by atoms with Crippen LogP contribution in [0.15, 0.2) is 30.7 Å². The van der Waals surface area contributed by atoms with Crippen molar-refractivity contribution in [1.29, 1.82) is 0 Å². The molecule has 0 saturated carbocycles. The molecule has 96 valence electrons. The predicted molar refractivity (Wildman–Crippen MR) is 66.1 cm³/mol. The zero-order chi connectivity index (χ0) is 13.2. The highest BCUT2D eigenvalue weighted by atomic mass is 35.5. The molecule has 1 aliphatic rings. The quantitative estimate of drug-likeness (QED) is 0.801. The van der Waals surface area contributed by atoms with Gasteiger partial charge in [0.1, 0.15) is 18.9 Å². The molecule has 1 aromatic carbocycles. The molecule has 0 aromatic heterocycles. The molecule has 2 rings (SSSR count). The maximum Gasteiger partial charge on any atom is 0.313 e. The maximum atomic E-state index is 11.4. The molecule has 0 N–H and O–H groups in total. The van der Waals surface area contributed by atoms with Crippen molar-refractivity contribution in [1.82, 2.24) is 0 Å². The first kappa shape index (κ1) is 13.1. The highest BCUT2D eigenvalue weighted by Crippen LogP contribution is 2.38. The van der Waals surface area contributed by atoms with Gasteiger partial charge in [0.15, 0.2) is 0 Å². The number of hydrogen-bond donors (Lipinski definition) is 0. The Labute approximate surface area is 114 Å². The fourth-order valence-electron chi connectivity index (χ4n) is 1.66. The Morgan fingerprint density at radius 3 is 2.28 bits per heavy atom. The van der Waals surface area contributed by atoms with Crippen LogP contribution in [-0.2, 0) is 24.8 Å². The summed E-state index contributed by atoms with van der Waals surface area (Å²) < 4.78 is 15.4. The molecule has 18 heavy (non-hydrogen) atoms. The molecule has 0 radical (unpaired) electrons. The van der Waals surface area contributed by atoms with Gasteiger partial charge in [-0.25, -0.2) is 0 Å². The number of esters is 1. The summed E-state index contributed by atoms with van der Waals surface area (Å²) in [5.74, 6) is -1.73. The van der Waals surface area contributed by atoms with Crippen molar-refractivity contribution in [2.24, 2.45) is 0 Å². The standard InChI is InChI=1S/C12H10Cl2O4/c1-16-11(15)7-12(17-2-3-18-12)8-4-9(13)6-10(14)5-8/h2-6H,7H2,1H3.